The van der Waals surface area contributed by atoms with E-state index in [2.05, 4.69) is 73.4 Å². The second kappa shape index (κ2) is 32.4. The Labute approximate surface area is 476 Å². The third kappa shape index (κ3) is 32.7. The molecule has 0 aromatic heterocycles. The van der Waals surface area contributed by atoms with Crippen LogP contribution in [0.1, 0.15) is 189 Å². The minimum Gasteiger partial charge on any atom is -0.380 e. The highest BCUT2D eigenvalue weighted by molar-refractivity contribution is 6.03. The fraction of sp³-hybridized carbons (Fsp3) is 0.867. The van der Waals surface area contributed by atoms with Crippen molar-refractivity contribution in [2.75, 3.05) is 92.1 Å². The van der Waals surface area contributed by atoms with E-state index < -0.39 is 39.5 Å². The van der Waals surface area contributed by atoms with E-state index in [0.29, 0.717) is 46.1 Å². The van der Waals surface area contributed by atoms with Crippen LogP contribution < -0.4 is 31.9 Å². The van der Waals surface area contributed by atoms with Gasteiger partial charge in [-0.15, -0.1) is 0 Å². The maximum Gasteiger partial charge on any atom is 0.242 e. The number of carbonyl (C=O) groups is 8. The van der Waals surface area contributed by atoms with Crippen LogP contribution in [0.5, 0.6) is 0 Å². The molecule has 0 aromatic rings. The second-order valence-corrected chi connectivity index (χ2v) is 29.1. The number of carbonyl (C=O) groups excluding carboxylic acids is 8. The number of rotatable bonds is 39. The van der Waals surface area contributed by atoms with Gasteiger partial charge in [-0.05, 0) is 42.9 Å². The summed E-state index contributed by atoms with van der Waals surface area (Å²) in [6.45, 7) is 42.5. The van der Waals surface area contributed by atoms with Gasteiger partial charge >= 0.3 is 0 Å². The molecule has 0 aromatic carbocycles. The topological polar surface area (TPSA) is 249 Å². The van der Waals surface area contributed by atoms with E-state index in [1.807, 2.05) is 83.1 Å². The molecular formula is C60H111N7O12. The molecule has 0 radical (unpaired) electrons. The van der Waals surface area contributed by atoms with Gasteiger partial charge in [-0.2, -0.15) is 0 Å². The Morgan fingerprint density at radius 2 is 0.911 bits per heavy atom. The van der Waals surface area contributed by atoms with Crippen LogP contribution in [0.2, 0.25) is 0 Å². The smallest absolute Gasteiger partial charge is 0.242 e. The molecule has 1 aliphatic rings. The molecule has 1 rings (SSSR count). The van der Waals surface area contributed by atoms with Crippen LogP contribution in [0, 0.1) is 49.2 Å². The quantitative estimate of drug-likeness (QED) is 0.0272. The summed E-state index contributed by atoms with van der Waals surface area (Å²) >= 11 is 0. The number of hydrogen-bond acceptors (Lipinski definition) is 12. The van der Waals surface area contributed by atoms with Gasteiger partial charge in [0.05, 0.1) is 52.9 Å². The summed E-state index contributed by atoms with van der Waals surface area (Å²) in [6, 6.07) is -1.02. The van der Waals surface area contributed by atoms with Gasteiger partial charge in [-0.25, -0.2) is 0 Å². The fourth-order valence-corrected chi connectivity index (χ4v) is 7.95. The molecule has 1 heterocycles. The summed E-state index contributed by atoms with van der Waals surface area (Å²) < 4.78 is 23.5. The third-order valence-electron chi connectivity index (χ3n) is 13.9. The summed E-state index contributed by atoms with van der Waals surface area (Å²) in [4.78, 5) is 104. The lowest BCUT2D eigenvalue weighted by Crippen LogP contribution is -2.50. The fourth-order valence-electron chi connectivity index (χ4n) is 7.95. The molecule has 1 aliphatic heterocycles. The number of likely N-dealkylation sites (tertiary alicyclic amines) is 1. The summed E-state index contributed by atoms with van der Waals surface area (Å²) in [7, 11) is 0. The highest BCUT2D eigenvalue weighted by Crippen LogP contribution is 2.32. The first-order valence-electron chi connectivity index (χ1n) is 28.9. The van der Waals surface area contributed by atoms with Gasteiger partial charge < -0.3 is 50.8 Å². The van der Waals surface area contributed by atoms with Crippen molar-refractivity contribution in [1.82, 2.24) is 36.8 Å². The van der Waals surface area contributed by atoms with Crippen LogP contribution in [0.25, 0.3) is 0 Å². The van der Waals surface area contributed by atoms with Crippen molar-refractivity contribution < 1.29 is 57.3 Å². The van der Waals surface area contributed by atoms with Crippen molar-refractivity contribution in [1.29, 1.82) is 0 Å². The summed E-state index contributed by atoms with van der Waals surface area (Å²) in [5.74, 6) is -2.31. The average molecular weight is 1120 g/mol. The van der Waals surface area contributed by atoms with Crippen LogP contribution in [-0.2, 0) is 57.3 Å². The Hall–Kier alpha value is -4.20. The summed E-state index contributed by atoms with van der Waals surface area (Å²) in [6.07, 6.45) is 3.57. The van der Waals surface area contributed by atoms with Crippen molar-refractivity contribution >= 4 is 47.3 Å². The van der Waals surface area contributed by atoms with Crippen molar-refractivity contribution in [3.8, 4) is 0 Å². The lowest BCUT2D eigenvalue weighted by atomic mass is 9.79. The molecule has 1 unspecified atom stereocenters. The number of imide groups is 1. The zero-order chi connectivity index (χ0) is 60.7. The molecule has 1 fully saturated rings. The maximum atomic E-state index is 13.8. The molecule has 0 bridgehead atoms. The monoisotopic (exact) mass is 1120 g/mol. The molecule has 0 aliphatic carbocycles. The molecule has 1 saturated heterocycles. The van der Waals surface area contributed by atoms with Crippen molar-refractivity contribution in [2.45, 2.75) is 195 Å². The normalized spacial score (nSPS) is 15.4. The van der Waals surface area contributed by atoms with Crippen LogP contribution >= 0.6 is 0 Å². The SMILES string of the molecule is CC1CC(=O)N(CCC(=O)NCCOCCOCCC(=O)N[C@@H](CCC(=O)NCC(C)(C)COCC(C)(C)CNC(=O)C(C)(C)CCC(C)(C)C)C(=O)NCC(C)(C)COCC(C)(C)CNC(=O)C(C)(C)CCC(C)(C)C)C1=O. The Bertz CT molecular complexity index is 1970. The minimum absolute atomic E-state index is 0.00809. The predicted molar refractivity (Wildman–Crippen MR) is 309 cm³/mol. The molecule has 458 valence electrons. The van der Waals surface area contributed by atoms with Crippen LogP contribution in [0.3, 0.4) is 0 Å². The van der Waals surface area contributed by atoms with E-state index >= 15 is 0 Å². The highest BCUT2D eigenvalue weighted by atomic mass is 16.5. The standard InChI is InChI=1S/C60H111N7O12/c1-43-34-48(71)67(50(43)73)29-22-46(69)61-28-31-77-33-32-76-30-23-47(70)66-44(49(72)63-36-56(10,11)40-79-42-58(14,15)38-65-52(75)60(18,19)27-25-54(5,6)7)20-21-45(68)62-35-55(8,9)39-78-41-57(12,13)37-64-51(74)59(16,17)26-24-53(2,3)4/h43-44H,20-42H2,1-19H3,(H,61,69)(H,62,68)(H,63,72)(H,64,74)(H,65,75)(H,66,70)/t43?,44-/m0/s1. The molecule has 6 N–H and O–H groups in total. The lowest BCUT2D eigenvalue weighted by Gasteiger charge is -2.32. The molecule has 0 spiro atoms. The van der Waals surface area contributed by atoms with Crippen molar-refractivity contribution in [3.05, 3.63) is 0 Å². The molecular weight excluding hydrogens is 1010 g/mol. The number of nitrogens with one attached hydrogen (secondary N) is 6. The number of hydrogen-bond donors (Lipinski definition) is 6. The number of ether oxygens (including phenoxy) is 4. The van der Waals surface area contributed by atoms with Crippen LogP contribution in [0.4, 0.5) is 0 Å². The van der Waals surface area contributed by atoms with E-state index in [4.69, 9.17) is 18.9 Å². The van der Waals surface area contributed by atoms with E-state index in [1.165, 1.54) is 0 Å². The van der Waals surface area contributed by atoms with Gasteiger partial charge in [-0.3, -0.25) is 43.3 Å². The van der Waals surface area contributed by atoms with E-state index in [1.54, 1.807) is 6.92 Å². The van der Waals surface area contributed by atoms with Crippen LogP contribution in [0.15, 0.2) is 0 Å². The summed E-state index contributed by atoms with van der Waals surface area (Å²) in [5.41, 5.74) is -2.34. The summed E-state index contributed by atoms with van der Waals surface area (Å²) in [5, 5.41) is 17.7. The Morgan fingerprint density at radius 3 is 1.34 bits per heavy atom. The van der Waals surface area contributed by atoms with Crippen molar-refractivity contribution in [2.24, 2.45) is 49.2 Å². The van der Waals surface area contributed by atoms with Gasteiger partial charge in [-0.1, -0.05) is 132 Å². The van der Waals surface area contributed by atoms with E-state index in [9.17, 15) is 38.4 Å². The zero-order valence-corrected chi connectivity index (χ0v) is 52.8. The molecule has 2 atom stereocenters. The zero-order valence-electron chi connectivity index (χ0n) is 52.8. The maximum absolute atomic E-state index is 13.8. The van der Waals surface area contributed by atoms with Gasteiger partial charge in [0.2, 0.25) is 47.3 Å². The van der Waals surface area contributed by atoms with Crippen LogP contribution in [-0.4, -0.2) is 150 Å². The molecule has 79 heavy (non-hydrogen) atoms. The number of nitrogens with zero attached hydrogens (tertiary/aromatic N) is 1. The largest absolute Gasteiger partial charge is 0.380 e. The average Bonchev–Trinajstić information content (AvgIpc) is 3.57. The van der Waals surface area contributed by atoms with Gasteiger partial charge in [0.25, 0.3) is 0 Å². The first-order chi connectivity index (χ1) is 36.1. The third-order valence-corrected chi connectivity index (χ3v) is 13.9. The Morgan fingerprint density at radius 1 is 0.494 bits per heavy atom. The lowest BCUT2D eigenvalue weighted by molar-refractivity contribution is -0.140. The Kier molecular flexibility index (Phi) is 29.9. The molecule has 8 amide bonds. The predicted octanol–water partition coefficient (Wildman–Crippen LogP) is 6.88. The first-order valence-corrected chi connectivity index (χ1v) is 28.9. The number of amides is 8. The van der Waals surface area contributed by atoms with Gasteiger partial charge in [0, 0.05) is 103 Å². The van der Waals surface area contributed by atoms with Crippen molar-refractivity contribution in [3.63, 3.8) is 0 Å². The minimum atomic E-state index is -1.02. The first kappa shape index (κ1) is 72.8. The Balaban J connectivity index is 2.77. The molecule has 19 nitrogen and oxygen atoms in total. The van der Waals surface area contributed by atoms with E-state index in [0.717, 1.165) is 30.6 Å². The molecule has 19 heteroatoms. The second-order valence-electron chi connectivity index (χ2n) is 29.1. The van der Waals surface area contributed by atoms with Gasteiger partial charge in [0.1, 0.15) is 6.04 Å². The molecule has 0 saturated carbocycles. The van der Waals surface area contributed by atoms with Gasteiger partial charge in [0.15, 0.2) is 0 Å². The van der Waals surface area contributed by atoms with E-state index in [-0.39, 0.29) is 141 Å². The highest BCUT2D eigenvalue weighted by Gasteiger charge is 2.36.